The van der Waals surface area contributed by atoms with Crippen molar-refractivity contribution in [3.8, 4) is 11.1 Å². The van der Waals surface area contributed by atoms with E-state index in [2.05, 4.69) is 10.6 Å². The van der Waals surface area contributed by atoms with Gasteiger partial charge in [0.15, 0.2) is 0 Å². The van der Waals surface area contributed by atoms with Gasteiger partial charge in [0.1, 0.15) is 17.5 Å². The highest BCUT2D eigenvalue weighted by Crippen LogP contribution is 2.29. The van der Waals surface area contributed by atoms with Crippen LogP contribution < -0.4 is 15.5 Å². The van der Waals surface area contributed by atoms with Crippen LogP contribution in [0.15, 0.2) is 42.5 Å². The van der Waals surface area contributed by atoms with Gasteiger partial charge in [0, 0.05) is 32.1 Å². The number of rotatable bonds is 7. The van der Waals surface area contributed by atoms with Crippen LogP contribution in [0.3, 0.4) is 0 Å². The third-order valence-corrected chi connectivity index (χ3v) is 6.35. The minimum Gasteiger partial charge on any atom is -0.444 e. The van der Waals surface area contributed by atoms with E-state index in [4.69, 9.17) is 9.47 Å². The molecule has 0 bridgehead atoms. The lowest BCUT2D eigenvalue weighted by atomic mass is 9.99. The standard InChI is InChI=1S/C28H33FN4O6/c1-17(34)30-13-22-16-33(27(37)38-22)21-9-10-23(24(29)11-21)19-7-5-18(6-8-19)12-31-25(35)20-14-32(15-20)26(36)39-28(2,3)4/h5-11,20,22H,12-16H2,1-4H3,(H,30,34)(H,31,35)/t22-/m0/s1. The molecule has 0 spiro atoms. The largest absolute Gasteiger partial charge is 0.444 e. The zero-order valence-corrected chi connectivity index (χ0v) is 22.5. The summed E-state index contributed by atoms with van der Waals surface area (Å²) in [7, 11) is 0. The van der Waals surface area contributed by atoms with Gasteiger partial charge in [-0.1, -0.05) is 24.3 Å². The Hall–Kier alpha value is -4.15. The Morgan fingerprint density at radius 1 is 1.05 bits per heavy atom. The average molecular weight is 541 g/mol. The van der Waals surface area contributed by atoms with Crippen LogP contribution in [0.1, 0.15) is 33.3 Å². The molecule has 4 amide bonds. The van der Waals surface area contributed by atoms with Crippen molar-refractivity contribution in [3.05, 3.63) is 53.8 Å². The van der Waals surface area contributed by atoms with E-state index in [1.54, 1.807) is 57.2 Å². The Bertz CT molecular complexity index is 1250. The summed E-state index contributed by atoms with van der Waals surface area (Å²) < 4.78 is 25.6. The highest BCUT2D eigenvalue weighted by atomic mass is 19.1. The van der Waals surface area contributed by atoms with Gasteiger partial charge < -0.3 is 25.0 Å². The number of anilines is 1. The Labute approximate surface area is 226 Å². The number of carbonyl (C=O) groups is 4. The summed E-state index contributed by atoms with van der Waals surface area (Å²) in [6.45, 7) is 8.10. The van der Waals surface area contributed by atoms with Crippen LogP contribution >= 0.6 is 0 Å². The van der Waals surface area contributed by atoms with Crippen LogP contribution in [0.4, 0.5) is 19.7 Å². The maximum absolute atomic E-state index is 15.0. The number of nitrogens with one attached hydrogen (secondary N) is 2. The Morgan fingerprint density at radius 3 is 2.36 bits per heavy atom. The summed E-state index contributed by atoms with van der Waals surface area (Å²) in [6, 6.07) is 11.7. The first kappa shape index (κ1) is 27.9. The summed E-state index contributed by atoms with van der Waals surface area (Å²) in [5.41, 5.74) is 1.65. The normalized spacial score (nSPS) is 17.4. The third-order valence-electron chi connectivity index (χ3n) is 6.35. The zero-order chi connectivity index (χ0) is 28.3. The summed E-state index contributed by atoms with van der Waals surface area (Å²) in [5.74, 6) is -1.14. The van der Waals surface area contributed by atoms with Crippen LogP contribution in [0.5, 0.6) is 0 Å². The van der Waals surface area contributed by atoms with Crippen molar-refractivity contribution in [2.75, 3.05) is 31.1 Å². The van der Waals surface area contributed by atoms with Crippen LogP contribution in [0.25, 0.3) is 11.1 Å². The smallest absolute Gasteiger partial charge is 0.414 e. The Morgan fingerprint density at radius 2 is 1.74 bits per heavy atom. The second-order valence-electron chi connectivity index (χ2n) is 10.7. The molecule has 1 atom stereocenters. The molecule has 4 rings (SSSR count). The molecule has 2 aromatic carbocycles. The van der Waals surface area contributed by atoms with Crippen LogP contribution in [0, 0.1) is 11.7 Å². The summed E-state index contributed by atoms with van der Waals surface area (Å²) in [5, 5.41) is 5.48. The number of hydrogen-bond acceptors (Lipinski definition) is 6. The van der Waals surface area contributed by atoms with Crippen LogP contribution in [-0.4, -0.2) is 66.8 Å². The van der Waals surface area contributed by atoms with Gasteiger partial charge in [0.25, 0.3) is 0 Å². The molecule has 2 aliphatic rings. The van der Waals surface area contributed by atoms with Crippen molar-refractivity contribution in [3.63, 3.8) is 0 Å². The molecule has 0 aromatic heterocycles. The Kier molecular flexibility index (Phi) is 8.08. The molecule has 0 radical (unpaired) electrons. The van der Waals surface area contributed by atoms with Gasteiger partial charge in [0.2, 0.25) is 11.8 Å². The van der Waals surface area contributed by atoms with E-state index in [1.165, 1.54) is 22.8 Å². The fourth-order valence-electron chi connectivity index (χ4n) is 4.26. The molecule has 2 heterocycles. The van der Waals surface area contributed by atoms with Crippen molar-refractivity contribution < 1.29 is 33.0 Å². The first-order valence-electron chi connectivity index (χ1n) is 12.8. The van der Waals surface area contributed by atoms with E-state index in [-0.39, 0.29) is 30.8 Å². The van der Waals surface area contributed by atoms with E-state index in [0.717, 1.165) is 5.56 Å². The van der Waals surface area contributed by atoms with Crippen molar-refractivity contribution in [1.82, 2.24) is 15.5 Å². The molecule has 2 N–H and O–H groups in total. The first-order valence-corrected chi connectivity index (χ1v) is 12.8. The highest BCUT2D eigenvalue weighted by molar-refractivity contribution is 5.90. The monoisotopic (exact) mass is 540 g/mol. The van der Waals surface area contributed by atoms with Gasteiger partial charge in [-0.25, -0.2) is 14.0 Å². The van der Waals surface area contributed by atoms with Gasteiger partial charge in [-0.3, -0.25) is 14.5 Å². The highest BCUT2D eigenvalue weighted by Gasteiger charge is 2.37. The molecular weight excluding hydrogens is 507 g/mol. The number of carbonyl (C=O) groups excluding carboxylic acids is 4. The predicted molar refractivity (Wildman–Crippen MR) is 141 cm³/mol. The molecule has 2 aliphatic heterocycles. The fourth-order valence-corrected chi connectivity index (χ4v) is 4.26. The summed E-state index contributed by atoms with van der Waals surface area (Å²) in [4.78, 5) is 50.6. The van der Waals surface area contributed by atoms with Crippen molar-refractivity contribution in [1.29, 1.82) is 0 Å². The van der Waals surface area contributed by atoms with Gasteiger partial charge >= 0.3 is 12.2 Å². The second-order valence-corrected chi connectivity index (χ2v) is 10.7. The maximum atomic E-state index is 15.0. The summed E-state index contributed by atoms with van der Waals surface area (Å²) in [6.07, 6.45) is -1.53. The number of halogens is 1. The second kappa shape index (κ2) is 11.3. The number of ether oxygens (including phenoxy) is 2. The number of hydrogen-bond donors (Lipinski definition) is 2. The molecule has 11 heteroatoms. The molecule has 10 nitrogen and oxygen atoms in total. The fraction of sp³-hybridized carbons (Fsp3) is 0.429. The number of amides is 4. The summed E-state index contributed by atoms with van der Waals surface area (Å²) >= 11 is 0. The lowest BCUT2D eigenvalue weighted by Crippen LogP contribution is -2.56. The minimum absolute atomic E-state index is 0.139. The van der Waals surface area contributed by atoms with Crippen molar-refractivity contribution >= 4 is 29.7 Å². The van der Waals surface area contributed by atoms with Crippen LogP contribution in [0.2, 0.25) is 0 Å². The third kappa shape index (κ3) is 7.04. The molecule has 0 saturated carbocycles. The maximum Gasteiger partial charge on any atom is 0.414 e. The number of nitrogens with zero attached hydrogens (tertiary/aromatic N) is 2. The van der Waals surface area contributed by atoms with E-state index >= 15 is 4.39 Å². The number of likely N-dealkylation sites (tertiary alicyclic amines) is 1. The predicted octanol–water partition coefficient (Wildman–Crippen LogP) is 3.44. The number of cyclic esters (lactones) is 1. The average Bonchev–Trinajstić information content (AvgIpc) is 3.20. The zero-order valence-electron chi connectivity index (χ0n) is 22.5. The molecular formula is C28H33FN4O6. The van der Waals surface area contributed by atoms with Gasteiger partial charge in [-0.15, -0.1) is 0 Å². The van der Waals surface area contributed by atoms with E-state index in [0.29, 0.717) is 36.4 Å². The topological polar surface area (TPSA) is 117 Å². The van der Waals surface area contributed by atoms with Gasteiger partial charge in [-0.2, -0.15) is 0 Å². The lowest BCUT2D eigenvalue weighted by Gasteiger charge is -2.38. The Balaban J connectivity index is 1.28. The van der Waals surface area contributed by atoms with Gasteiger partial charge in [-0.05, 0) is 50.1 Å². The van der Waals surface area contributed by atoms with E-state index in [1.807, 2.05) is 0 Å². The quantitative estimate of drug-likeness (QED) is 0.556. The molecule has 0 aliphatic carbocycles. The van der Waals surface area contributed by atoms with E-state index in [9.17, 15) is 19.2 Å². The molecule has 0 unspecified atom stereocenters. The van der Waals surface area contributed by atoms with Crippen molar-refractivity contribution in [2.24, 2.45) is 5.92 Å². The molecule has 2 fully saturated rings. The molecule has 2 saturated heterocycles. The molecule has 208 valence electrons. The first-order chi connectivity index (χ1) is 18.4. The van der Waals surface area contributed by atoms with E-state index < -0.39 is 29.7 Å². The molecule has 2 aromatic rings. The lowest BCUT2D eigenvalue weighted by molar-refractivity contribution is -0.129. The minimum atomic E-state index is -0.594. The van der Waals surface area contributed by atoms with Crippen molar-refractivity contribution in [2.45, 2.75) is 45.9 Å². The molecule has 39 heavy (non-hydrogen) atoms. The van der Waals surface area contributed by atoms with Crippen LogP contribution in [-0.2, 0) is 25.6 Å². The van der Waals surface area contributed by atoms with Gasteiger partial charge in [0.05, 0.1) is 24.7 Å². The number of benzene rings is 2. The SMILES string of the molecule is CC(=O)NC[C@H]1CN(c2ccc(-c3ccc(CNC(=O)C4CN(C(=O)OC(C)(C)C)C4)cc3)c(F)c2)C(=O)O1.